The molecule has 7 heteroatoms. The van der Waals surface area contributed by atoms with Gasteiger partial charge in [0.2, 0.25) is 15.8 Å². The first-order valence-corrected chi connectivity index (χ1v) is 11.0. The molecule has 1 heterocycles. The normalized spacial score (nSPS) is 12.6. The van der Waals surface area contributed by atoms with Crippen LogP contribution in [0.15, 0.2) is 54.6 Å². The maximum absolute atomic E-state index is 12.8. The number of anilines is 1. The number of carbonyl (C=O) groups excluding carboxylic acids is 1. The average molecular weight is 417 g/mol. The maximum atomic E-state index is 12.8. The topological polar surface area (TPSA) is 79.0 Å². The van der Waals surface area contributed by atoms with Crippen molar-refractivity contribution in [2.24, 2.45) is 0 Å². The number of benzene rings is 2. The minimum absolute atomic E-state index is 0.0599. The molecular weight excluding hydrogens is 396 g/mol. The number of hydrogen-bond acceptors (Lipinski definition) is 3. The summed E-state index contributed by atoms with van der Waals surface area (Å²) in [7, 11) is -3.37. The van der Waals surface area contributed by atoms with Crippen LogP contribution in [0, 0.1) is 6.92 Å². The van der Waals surface area contributed by atoms with Gasteiger partial charge in [-0.3, -0.25) is 9.52 Å². The Morgan fingerprint density at radius 3 is 2.39 bits per heavy atom. The second-order valence-electron chi connectivity index (χ2n) is 6.81. The van der Waals surface area contributed by atoms with Gasteiger partial charge < -0.3 is 4.98 Å². The van der Waals surface area contributed by atoms with Gasteiger partial charge in [-0.05, 0) is 36.2 Å². The van der Waals surface area contributed by atoms with Gasteiger partial charge in [-0.25, -0.2) is 8.42 Å². The highest BCUT2D eigenvalue weighted by Gasteiger charge is 2.20. The minimum Gasteiger partial charge on any atom is -0.355 e. The number of aromatic amines is 1. The van der Waals surface area contributed by atoms with Crippen LogP contribution < -0.4 is 4.72 Å². The number of hydrogen-bond donors (Lipinski definition) is 2. The number of H-pyrrole nitrogens is 1. The van der Waals surface area contributed by atoms with Crippen LogP contribution in [0.2, 0.25) is 5.02 Å². The molecule has 0 saturated heterocycles. The fourth-order valence-electron chi connectivity index (χ4n) is 3.11. The summed E-state index contributed by atoms with van der Waals surface area (Å²) in [5, 5.41) is 0.448. The molecule has 3 rings (SSSR count). The quantitative estimate of drug-likeness (QED) is 0.570. The zero-order chi connectivity index (χ0) is 20.5. The molecule has 0 fully saturated rings. The lowest BCUT2D eigenvalue weighted by molar-refractivity contribution is 0.103. The predicted molar refractivity (Wildman–Crippen MR) is 113 cm³/mol. The first-order chi connectivity index (χ1) is 13.2. The van der Waals surface area contributed by atoms with E-state index in [1.54, 1.807) is 30.3 Å². The van der Waals surface area contributed by atoms with Crippen LogP contribution in [0.1, 0.15) is 45.7 Å². The third-order valence-electron chi connectivity index (χ3n) is 4.54. The van der Waals surface area contributed by atoms with Crippen molar-refractivity contribution < 1.29 is 13.2 Å². The molecule has 0 aliphatic rings. The number of aryl methyl sites for hydroxylation is 1. The van der Waals surface area contributed by atoms with Gasteiger partial charge in [0.1, 0.15) is 0 Å². The van der Waals surface area contributed by atoms with Crippen molar-refractivity contribution in [2.75, 3.05) is 11.0 Å². The number of sulfonamides is 1. The van der Waals surface area contributed by atoms with E-state index in [4.69, 9.17) is 11.6 Å². The van der Waals surface area contributed by atoms with Gasteiger partial charge in [0.25, 0.3) is 0 Å². The number of aromatic nitrogens is 1. The first kappa shape index (κ1) is 20.2. The fraction of sp³-hybridized carbons (Fsp3) is 0.190. The van der Waals surface area contributed by atoms with E-state index < -0.39 is 10.0 Å². The maximum Gasteiger partial charge on any atom is 0.229 e. The molecule has 5 nitrogen and oxygen atoms in total. The van der Waals surface area contributed by atoms with E-state index in [0.29, 0.717) is 22.0 Å². The van der Waals surface area contributed by atoms with Crippen LogP contribution >= 0.6 is 11.6 Å². The fourth-order valence-corrected chi connectivity index (χ4v) is 4.01. The molecule has 1 atom stereocenters. The number of rotatable bonds is 6. The molecule has 3 aromatic rings. The number of halogens is 1. The van der Waals surface area contributed by atoms with Crippen molar-refractivity contribution in [2.45, 2.75) is 19.8 Å². The lowest BCUT2D eigenvalue weighted by atomic mass is 9.97. The van der Waals surface area contributed by atoms with E-state index in [-0.39, 0.29) is 11.7 Å². The van der Waals surface area contributed by atoms with E-state index >= 15 is 0 Å². The zero-order valence-electron chi connectivity index (χ0n) is 15.8. The van der Waals surface area contributed by atoms with Crippen molar-refractivity contribution in [1.82, 2.24) is 4.98 Å². The Hall–Kier alpha value is -2.57. The largest absolute Gasteiger partial charge is 0.355 e. The molecule has 28 heavy (non-hydrogen) atoms. The van der Waals surface area contributed by atoms with Crippen LogP contribution in [0.3, 0.4) is 0 Å². The minimum atomic E-state index is -3.37. The Kier molecular flexibility index (Phi) is 5.63. The van der Waals surface area contributed by atoms with Crippen LogP contribution in [-0.4, -0.2) is 25.4 Å². The van der Waals surface area contributed by atoms with E-state index in [2.05, 4.69) is 9.71 Å². The summed E-state index contributed by atoms with van der Waals surface area (Å²) in [6.45, 7) is 3.87. The molecule has 0 radical (unpaired) electrons. The van der Waals surface area contributed by atoms with Gasteiger partial charge in [0, 0.05) is 27.9 Å². The molecule has 0 spiro atoms. The monoisotopic (exact) mass is 416 g/mol. The molecule has 0 aliphatic heterocycles. The first-order valence-electron chi connectivity index (χ1n) is 8.72. The molecule has 2 N–H and O–H groups in total. The van der Waals surface area contributed by atoms with Gasteiger partial charge in [0.05, 0.1) is 11.9 Å². The third kappa shape index (κ3) is 4.46. The van der Waals surface area contributed by atoms with Crippen molar-refractivity contribution in [1.29, 1.82) is 0 Å². The molecular formula is C21H21ClN2O3S. The van der Waals surface area contributed by atoms with Crippen LogP contribution in [0.5, 0.6) is 0 Å². The molecule has 0 amide bonds. The Balaban J connectivity index is 1.89. The molecule has 0 bridgehead atoms. The summed E-state index contributed by atoms with van der Waals surface area (Å²) in [5.41, 5.74) is 4.15. The molecule has 0 aliphatic carbocycles. The predicted octanol–water partition coefficient (Wildman–Crippen LogP) is 4.73. The number of carbonyl (C=O) groups is 1. The second kappa shape index (κ2) is 7.81. The second-order valence-corrected chi connectivity index (χ2v) is 8.97. The Bertz CT molecular complexity index is 1120. The van der Waals surface area contributed by atoms with Gasteiger partial charge in [-0.15, -0.1) is 0 Å². The number of ketones is 1. The van der Waals surface area contributed by atoms with E-state index in [0.717, 1.165) is 23.1 Å². The smallest absolute Gasteiger partial charge is 0.229 e. The lowest BCUT2D eigenvalue weighted by Crippen LogP contribution is -2.09. The average Bonchev–Trinajstić information content (AvgIpc) is 3.02. The Labute approximate surface area is 169 Å². The Morgan fingerprint density at radius 2 is 1.79 bits per heavy atom. The van der Waals surface area contributed by atoms with Gasteiger partial charge in [-0.2, -0.15) is 0 Å². The van der Waals surface area contributed by atoms with Crippen LogP contribution in [0.4, 0.5) is 5.69 Å². The van der Waals surface area contributed by atoms with E-state index in [1.165, 1.54) is 0 Å². The summed E-state index contributed by atoms with van der Waals surface area (Å²) < 4.78 is 25.2. The van der Waals surface area contributed by atoms with Gasteiger partial charge in [-0.1, -0.05) is 54.9 Å². The van der Waals surface area contributed by atoms with Gasteiger partial charge >= 0.3 is 0 Å². The van der Waals surface area contributed by atoms with Crippen LogP contribution in [-0.2, 0) is 10.0 Å². The molecule has 146 valence electrons. The highest BCUT2D eigenvalue weighted by Crippen LogP contribution is 2.32. The highest BCUT2D eigenvalue weighted by atomic mass is 35.5. The van der Waals surface area contributed by atoms with Crippen molar-refractivity contribution in [3.05, 3.63) is 87.7 Å². The summed E-state index contributed by atoms with van der Waals surface area (Å²) >= 11 is 6.39. The summed E-state index contributed by atoms with van der Waals surface area (Å²) in [4.78, 5) is 16.0. The van der Waals surface area contributed by atoms with Crippen molar-refractivity contribution in [3.8, 4) is 0 Å². The Morgan fingerprint density at radius 1 is 1.11 bits per heavy atom. The SMILES string of the molecule is Cc1cc(C(C)c2ccc(NS(C)(=O)=O)cc2Cl)[nH]c1C(=O)c1ccccc1. The van der Waals surface area contributed by atoms with E-state index in [1.807, 2.05) is 38.1 Å². The highest BCUT2D eigenvalue weighted by molar-refractivity contribution is 7.92. The number of nitrogens with one attached hydrogen (secondary N) is 2. The summed E-state index contributed by atoms with van der Waals surface area (Å²) in [5.74, 6) is -0.161. The zero-order valence-corrected chi connectivity index (χ0v) is 17.4. The molecule has 2 aromatic carbocycles. The van der Waals surface area contributed by atoms with Crippen molar-refractivity contribution in [3.63, 3.8) is 0 Å². The standard InChI is InChI=1S/C21H21ClN2O3S/c1-13-11-19(23-20(13)21(25)15-7-5-4-6-8-15)14(2)17-10-9-16(12-18(17)22)24-28(3,26)27/h4-12,14,23-24H,1-3H3. The molecule has 1 aromatic heterocycles. The summed E-state index contributed by atoms with van der Waals surface area (Å²) in [6.07, 6.45) is 1.09. The van der Waals surface area contributed by atoms with Crippen molar-refractivity contribution >= 4 is 33.1 Å². The van der Waals surface area contributed by atoms with Crippen LogP contribution in [0.25, 0.3) is 0 Å². The lowest BCUT2D eigenvalue weighted by Gasteiger charge is -2.14. The molecule has 0 saturated carbocycles. The summed E-state index contributed by atoms with van der Waals surface area (Å²) in [6, 6.07) is 16.1. The van der Waals surface area contributed by atoms with Gasteiger partial charge in [0.15, 0.2) is 0 Å². The third-order valence-corrected chi connectivity index (χ3v) is 5.47. The molecule has 1 unspecified atom stereocenters. The van der Waals surface area contributed by atoms with E-state index in [9.17, 15) is 13.2 Å².